The van der Waals surface area contributed by atoms with Crippen LogP contribution in [0.5, 0.6) is 0 Å². The Hall–Kier alpha value is 0.477. The molecule has 1 aliphatic heterocycles. The van der Waals surface area contributed by atoms with E-state index in [9.17, 15) is 0 Å². The first kappa shape index (κ1) is 28.5. The first-order valence-corrected chi connectivity index (χ1v) is 22.1. The first-order valence-electron chi connectivity index (χ1n) is 9.71. The van der Waals surface area contributed by atoms with Crippen molar-refractivity contribution in [3.8, 4) is 64.4 Å². The molecule has 0 amide bonds. The summed E-state index contributed by atoms with van der Waals surface area (Å²) in [6.45, 7) is 0. The van der Waals surface area contributed by atoms with E-state index < -0.39 is 0 Å². The molecule has 0 nitrogen and oxygen atoms in total. The van der Waals surface area contributed by atoms with Crippen LogP contribution in [0, 0.1) is 64.4 Å². The van der Waals surface area contributed by atoms with Gasteiger partial charge in [0.05, 0.1) is 0 Å². The second kappa shape index (κ2) is 25.7. The van der Waals surface area contributed by atoms with Gasteiger partial charge in [-0.1, -0.05) is 0 Å². The van der Waals surface area contributed by atoms with E-state index in [2.05, 4.69) is 64.4 Å². The molecule has 156 valence electrons. The Morgan fingerprint density at radius 3 is 0.600 bits per heavy atom. The molecule has 0 atom stereocenters. The molecule has 0 aromatic rings. The Labute approximate surface area is 222 Å². The molecule has 0 aromatic heterocycles. The second-order valence-corrected chi connectivity index (χ2v) is 16.9. The Morgan fingerprint density at radius 1 is 0.267 bits per heavy atom. The van der Waals surface area contributed by atoms with Crippen molar-refractivity contribution < 1.29 is 0 Å². The molecule has 0 saturated heterocycles. The normalized spacial score (nSPS) is 17.6. The molecule has 0 aromatic carbocycles. The number of rotatable bonds is 0. The van der Waals surface area contributed by atoms with E-state index in [1.54, 1.807) is 0 Å². The fraction of sp³-hybridized carbons (Fsp3) is 0.500. The van der Waals surface area contributed by atoms with Gasteiger partial charge in [0.2, 0.25) is 0 Å². The first-order chi connectivity index (χ1) is 15.0. The van der Waals surface area contributed by atoms with Gasteiger partial charge in [0.1, 0.15) is 0 Å². The zero-order chi connectivity index (χ0) is 21.2. The van der Waals surface area contributed by atoms with E-state index in [4.69, 9.17) is 0 Å². The van der Waals surface area contributed by atoms with Crippen molar-refractivity contribution in [1.82, 2.24) is 0 Å². The Bertz CT molecular complexity index is 638. The molecule has 6 heteroatoms. The standard InChI is InChI=1S/C24H24Se6/c1-2-14-26-16-5-6-18-28-20-9-10-22-30-24-12-11-23-29-21-8-7-19-27-17-4-3-15-25-13-1/h1-2,7-10,13-14,19-22H2. The van der Waals surface area contributed by atoms with Crippen molar-refractivity contribution >= 4 is 89.7 Å². The zero-order valence-corrected chi connectivity index (χ0v) is 27.2. The Kier molecular flexibility index (Phi) is 24.5. The molecule has 1 rings (SSSR count). The molecule has 0 saturated carbocycles. The van der Waals surface area contributed by atoms with E-state index in [-0.39, 0.29) is 0 Å². The van der Waals surface area contributed by atoms with Crippen LogP contribution in [0.2, 0.25) is 31.9 Å². The van der Waals surface area contributed by atoms with Crippen LogP contribution in [-0.2, 0) is 0 Å². The van der Waals surface area contributed by atoms with Gasteiger partial charge >= 0.3 is 225 Å². The molecule has 0 bridgehead atoms. The number of hydrogen-bond acceptors (Lipinski definition) is 0. The molecule has 1 aliphatic rings. The summed E-state index contributed by atoms with van der Waals surface area (Å²) in [6, 6.07) is 0. The average Bonchev–Trinajstić information content (AvgIpc) is 2.76. The summed E-state index contributed by atoms with van der Waals surface area (Å²) in [5.41, 5.74) is 0. The van der Waals surface area contributed by atoms with E-state index >= 15 is 0 Å². The third kappa shape index (κ3) is 23.1. The van der Waals surface area contributed by atoms with E-state index in [0.717, 1.165) is 0 Å². The minimum absolute atomic E-state index is 0.433. The summed E-state index contributed by atoms with van der Waals surface area (Å²) in [7, 11) is 0. The maximum absolute atomic E-state index is 3.25. The van der Waals surface area contributed by atoms with Gasteiger partial charge in [0.15, 0.2) is 0 Å². The topological polar surface area (TPSA) is 0 Å². The molecule has 0 radical (unpaired) electrons. The van der Waals surface area contributed by atoms with Gasteiger partial charge in [-0.3, -0.25) is 0 Å². The van der Waals surface area contributed by atoms with E-state index in [1.165, 1.54) is 70.4 Å². The molecule has 0 fully saturated rings. The predicted octanol–water partition coefficient (Wildman–Crippen LogP) is 2.84. The molecule has 0 unspecified atom stereocenters. The minimum atomic E-state index is 0.433. The van der Waals surface area contributed by atoms with E-state index in [1.807, 2.05) is 0 Å². The van der Waals surface area contributed by atoms with E-state index in [0.29, 0.717) is 89.7 Å². The summed E-state index contributed by atoms with van der Waals surface area (Å²) in [5, 5.41) is 7.48. The van der Waals surface area contributed by atoms with Gasteiger partial charge in [-0.25, -0.2) is 0 Å². The van der Waals surface area contributed by atoms with Gasteiger partial charge in [0.25, 0.3) is 0 Å². The summed E-state index contributed by atoms with van der Waals surface area (Å²) in [6.07, 6.45) is 7.68. The van der Waals surface area contributed by atoms with Crippen LogP contribution >= 0.6 is 0 Å². The van der Waals surface area contributed by atoms with Gasteiger partial charge in [0, 0.05) is 0 Å². The third-order valence-electron chi connectivity index (χ3n) is 3.16. The van der Waals surface area contributed by atoms with Crippen LogP contribution in [0.1, 0.15) is 38.5 Å². The summed E-state index contributed by atoms with van der Waals surface area (Å²) < 4.78 is 0. The SMILES string of the molecule is C1#C[Se]CCCC[Se]C#CC#C[Se]CCCC[Se]C#CC#C[Se]CCCC[Se]C#C1. The van der Waals surface area contributed by atoms with Crippen molar-refractivity contribution in [3.63, 3.8) is 0 Å². The van der Waals surface area contributed by atoms with Crippen LogP contribution < -0.4 is 0 Å². The molecule has 1 heterocycles. The monoisotopic (exact) mass is 792 g/mol. The molecule has 30 heavy (non-hydrogen) atoms. The molecular weight excluding hydrogens is 762 g/mol. The van der Waals surface area contributed by atoms with Crippen molar-refractivity contribution in [1.29, 1.82) is 0 Å². The fourth-order valence-electron chi connectivity index (χ4n) is 1.72. The zero-order valence-electron chi connectivity index (χ0n) is 16.9. The predicted molar refractivity (Wildman–Crippen MR) is 138 cm³/mol. The van der Waals surface area contributed by atoms with Crippen molar-refractivity contribution in [2.75, 3.05) is 0 Å². The summed E-state index contributed by atoms with van der Waals surface area (Å²) >= 11 is 2.60. The maximum atomic E-state index is 3.25. The molecule has 0 aliphatic carbocycles. The van der Waals surface area contributed by atoms with Gasteiger partial charge in [-0.05, 0) is 0 Å². The average molecular weight is 786 g/mol. The van der Waals surface area contributed by atoms with Crippen molar-refractivity contribution in [2.45, 2.75) is 70.4 Å². The van der Waals surface area contributed by atoms with Gasteiger partial charge < -0.3 is 0 Å². The fourth-order valence-corrected chi connectivity index (χ4v) is 8.94. The van der Waals surface area contributed by atoms with Crippen LogP contribution in [0.15, 0.2) is 0 Å². The molecule has 0 spiro atoms. The van der Waals surface area contributed by atoms with Crippen LogP contribution in [-0.4, -0.2) is 89.7 Å². The van der Waals surface area contributed by atoms with Crippen LogP contribution in [0.25, 0.3) is 0 Å². The molecular formula is C24H24Se6. The quantitative estimate of drug-likeness (QED) is 0.262. The summed E-state index contributed by atoms with van der Waals surface area (Å²) in [5.74, 6) is 18.2. The van der Waals surface area contributed by atoms with Crippen LogP contribution in [0.4, 0.5) is 0 Å². The van der Waals surface area contributed by atoms with Gasteiger partial charge in [-0.15, -0.1) is 0 Å². The van der Waals surface area contributed by atoms with Crippen LogP contribution in [0.3, 0.4) is 0 Å². The third-order valence-corrected chi connectivity index (χ3v) is 12.5. The summed E-state index contributed by atoms with van der Waals surface area (Å²) in [4.78, 5) is 19.5. The van der Waals surface area contributed by atoms with Gasteiger partial charge in [-0.2, -0.15) is 0 Å². The van der Waals surface area contributed by atoms with Crippen molar-refractivity contribution in [3.05, 3.63) is 0 Å². The Morgan fingerprint density at radius 2 is 0.433 bits per heavy atom. The second-order valence-electron chi connectivity index (χ2n) is 5.57. The Balaban J connectivity index is 2.31. The van der Waals surface area contributed by atoms with Crippen molar-refractivity contribution in [2.24, 2.45) is 0 Å². The molecule has 0 N–H and O–H groups in total. The number of hydrogen-bond donors (Lipinski definition) is 0.